The van der Waals surface area contributed by atoms with Gasteiger partial charge in [-0.25, -0.2) is 9.59 Å². The predicted octanol–water partition coefficient (Wildman–Crippen LogP) is 7.29. The molecular formula is C33H34N2O4. The SMILES string of the molecule is CCCCOC(=O)c1cc(C(c2ccccc2)c2cc(C(=O)OCCCC)c3ccccn23)n2ccccc12. The molecule has 0 unspecified atom stereocenters. The predicted molar refractivity (Wildman–Crippen MR) is 153 cm³/mol. The molecule has 5 rings (SSSR count). The lowest BCUT2D eigenvalue weighted by Crippen LogP contribution is -2.09. The van der Waals surface area contributed by atoms with Crippen LogP contribution in [0, 0.1) is 0 Å². The summed E-state index contributed by atoms with van der Waals surface area (Å²) in [5.74, 6) is -0.929. The maximum Gasteiger partial charge on any atom is 0.340 e. The standard InChI is InChI=1S/C33H34N2O4/c1-3-5-20-38-32(36)25-22-29(34-18-12-10-16-27(25)34)31(24-14-8-7-9-15-24)30-23-26(33(37)39-21-6-4-2)28-17-11-13-19-35(28)30/h7-19,22-23,31H,3-6,20-21H2,1-2H3. The molecule has 5 aromatic rings. The summed E-state index contributed by atoms with van der Waals surface area (Å²) in [6.07, 6.45) is 7.50. The largest absolute Gasteiger partial charge is 0.462 e. The molecule has 6 nitrogen and oxygen atoms in total. The molecule has 0 N–H and O–H groups in total. The van der Waals surface area contributed by atoms with Gasteiger partial charge in [0.2, 0.25) is 0 Å². The van der Waals surface area contributed by atoms with Crippen LogP contribution in [0.2, 0.25) is 0 Å². The van der Waals surface area contributed by atoms with E-state index in [0.717, 1.165) is 53.7 Å². The summed E-state index contributed by atoms with van der Waals surface area (Å²) in [6.45, 7) is 4.92. The third-order valence-corrected chi connectivity index (χ3v) is 7.04. The van der Waals surface area contributed by atoms with E-state index in [1.165, 1.54) is 0 Å². The van der Waals surface area contributed by atoms with Gasteiger partial charge >= 0.3 is 11.9 Å². The van der Waals surface area contributed by atoms with Gasteiger partial charge in [-0.05, 0) is 54.8 Å². The molecule has 0 aliphatic heterocycles. The minimum absolute atomic E-state index is 0.273. The summed E-state index contributed by atoms with van der Waals surface area (Å²) in [6, 6.07) is 25.7. The zero-order valence-corrected chi connectivity index (χ0v) is 22.5. The Kier molecular flexibility index (Phi) is 8.11. The molecule has 0 amide bonds. The molecule has 0 aliphatic carbocycles. The highest BCUT2D eigenvalue weighted by molar-refractivity contribution is 5.99. The van der Waals surface area contributed by atoms with Crippen LogP contribution in [0.15, 0.2) is 91.3 Å². The van der Waals surface area contributed by atoms with E-state index in [2.05, 4.69) is 34.8 Å². The number of hydrogen-bond donors (Lipinski definition) is 0. The van der Waals surface area contributed by atoms with Crippen molar-refractivity contribution in [2.45, 2.75) is 45.4 Å². The number of unbranched alkanes of at least 4 members (excludes halogenated alkanes) is 2. The molecule has 0 radical (unpaired) electrons. The average Bonchev–Trinajstić information content (AvgIpc) is 3.54. The van der Waals surface area contributed by atoms with Gasteiger partial charge in [-0.1, -0.05) is 69.2 Å². The van der Waals surface area contributed by atoms with Crippen LogP contribution in [0.25, 0.3) is 11.0 Å². The molecule has 6 heteroatoms. The molecule has 0 saturated heterocycles. The fraction of sp³-hybridized carbons (Fsp3) is 0.273. The Labute approximate surface area is 228 Å². The van der Waals surface area contributed by atoms with Gasteiger partial charge in [-0.15, -0.1) is 0 Å². The Balaban J connectivity index is 1.69. The summed E-state index contributed by atoms with van der Waals surface area (Å²) in [4.78, 5) is 26.3. The van der Waals surface area contributed by atoms with Gasteiger partial charge in [-0.3, -0.25) is 0 Å². The summed E-state index contributed by atoms with van der Waals surface area (Å²) in [7, 11) is 0. The van der Waals surface area contributed by atoms with E-state index < -0.39 is 0 Å². The zero-order valence-electron chi connectivity index (χ0n) is 22.5. The minimum Gasteiger partial charge on any atom is -0.462 e. The Morgan fingerprint density at radius 1 is 0.667 bits per heavy atom. The molecule has 200 valence electrons. The van der Waals surface area contributed by atoms with Crippen LogP contribution in [0.4, 0.5) is 0 Å². The smallest absolute Gasteiger partial charge is 0.340 e. The van der Waals surface area contributed by atoms with Crippen LogP contribution < -0.4 is 0 Å². The number of fused-ring (bicyclic) bond motifs is 2. The highest BCUT2D eigenvalue weighted by Crippen LogP contribution is 2.37. The van der Waals surface area contributed by atoms with Gasteiger partial charge in [0.15, 0.2) is 0 Å². The second-order valence-electron chi connectivity index (χ2n) is 9.70. The summed E-state index contributed by atoms with van der Waals surface area (Å²) >= 11 is 0. The third-order valence-electron chi connectivity index (χ3n) is 7.04. The number of benzene rings is 1. The minimum atomic E-state index is -0.328. The van der Waals surface area contributed by atoms with Crippen molar-refractivity contribution >= 4 is 23.0 Å². The molecule has 0 spiro atoms. The van der Waals surface area contributed by atoms with Gasteiger partial charge in [0, 0.05) is 23.8 Å². The number of nitrogens with zero attached hydrogens (tertiary/aromatic N) is 2. The van der Waals surface area contributed by atoms with Crippen LogP contribution in [-0.4, -0.2) is 34.0 Å². The van der Waals surface area contributed by atoms with Gasteiger partial charge in [0.1, 0.15) is 0 Å². The van der Waals surface area contributed by atoms with E-state index in [9.17, 15) is 9.59 Å². The molecule has 0 aliphatic rings. The van der Waals surface area contributed by atoms with Crippen molar-refractivity contribution in [3.8, 4) is 0 Å². The first-order chi connectivity index (χ1) is 19.1. The van der Waals surface area contributed by atoms with Crippen molar-refractivity contribution in [1.82, 2.24) is 8.80 Å². The van der Waals surface area contributed by atoms with Crippen LogP contribution in [0.3, 0.4) is 0 Å². The molecule has 39 heavy (non-hydrogen) atoms. The van der Waals surface area contributed by atoms with Crippen molar-refractivity contribution in [1.29, 1.82) is 0 Å². The lowest BCUT2D eigenvalue weighted by Gasteiger charge is -2.19. The molecular weight excluding hydrogens is 488 g/mol. The van der Waals surface area contributed by atoms with Crippen molar-refractivity contribution in [3.63, 3.8) is 0 Å². The zero-order chi connectivity index (χ0) is 27.2. The lowest BCUT2D eigenvalue weighted by molar-refractivity contribution is 0.0493. The van der Waals surface area contributed by atoms with E-state index in [1.807, 2.05) is 79.1 Å². The highest BCUT2D eigenvalue weighted by Gasteiger charge is 2.28. The van der Waals surface area contributed by atoms with Gasteiger partial charge < -0.3 is 18.3 Å². The van der Waals surface area contributed by atoms with E-state index in [1.54, 1.807) is 0 Å². The molecule has 4 aromatic heterocycles. The highest BCUT2D eigenvalue weighted by atomic mass is 16.5. The summed E-state index contributed by atoms with van der Waals surface area (Å²) in [5.41, 5.74) is 5.50. The van der Waals surface area contributed by atoms with Crippen LogP contribution in [0.1, 0.15) is 83.1 Å². The van der Waals surface area contributed by atoms with Gasteiger partial charge in [-0.2, -0.15) is 0 Å². The first-order valence-corrected chi connectivity index (χ1v) is 13.7. The van der Waals surface area contributed by atoms with E-state index in [4.69, 9.17) is 9.47 Å². The van der Waals surface area contributed by atoms with Gasteiger partial charge in [0.25, 0.3) is 0 Å². The van der Waals surface area contributed by atoms with E-state index in [-0.39, 0.29) is 17.9 Å². The summed E-state index contributed by atoms with van der Waals surface area (Å²) < 4.78 is 15.3. The average molecular weight is 523 g/mol. The fourth-order valence-electron chi connectivity index (χ4n) is 5.04. The number of rotatable bonds is 11. The van der Waals surface area contributed by atoms with Crippen LogP contribution in [0.5, 0.6) is 0 Å². The summed E-state index contributed by atoms with van der Waals surface area (Å²) in [5, 5.41) is 0. The Morgan fingerprint density at radius 3 is 1.59 bits per heavy atom. The first-order valence-electron chi connectivity index (χ1n) is 13.7. The molecule has 0 atom stereocenters. The van der Waals surface area contributed by atoms with E-state index >= 15 is 0 Å². The molecule has 0 fully saturated rings. The molecule has 0 saturated carbocycles. The van der Waals surface area contributed by atoms with Crippen molar-refractivity contribution < 1.29 is 19.1 Å². The van der Waals surface area contributed by atoms with Crippen LogP contribution >= 0.6 is 0 Å². The Hall–Kier alpha value is -4.32. The number of pyridine rings is 2. The normalized spacial score (nSPS) is 11.4. The number of aromatic nitrogens is 2. The van der Waals surface area contributed by atoms with Gasteiger partial charge in [0.05, 0.1) is 41.3 Å². The number of esters is 2. The maximum absolute atomic E-state index is 13.2. The molecule has 0 bridgehead atoms. The second kappa shape index (κ2) is 12.0. The number of carbonyl (C=O) groups is 2. The molecule has 4 heterocycles. The number of carbonyl (C=O) groups excluding carboxylic acids is 2. The van der Waals surface area contributed by atoms with E-state index in [0.29, 0.717) is 24.3 Å². The second-order valence-corrected chi connectivity index (χ2v) is 9.70. The monoisotopic (exact) mass is 522 g/mol. The third kappa shape index (κ3) is 5.32. The van der Waals surface area contributed by atoms with Crippen molar-refractivity contribution in [2.24, 2.45) is 0 Å². The van der Waals surface area contributed by atoms with Crippen molar-refractivity contribution in [2.75, 3.05) is 13.2 Å². The quantitative estimate of drug-likeness (QED) is 0.135. The maximum atomic E-state index is 13.2. The van der Waals surface area contributed by atoms with Crippen LogP contribution in [-0.2, 0) is 9.47 Å². The Morgan fingerprint density at radius 2 is 1.13 bits per heavy atom. The first kappa shape index (κ1) is 26.3. The molecule has 1 aromatic carbocycles. The number of ether oxygens (including phenoxy) is 2. The lowest BCUT2D eigenvalue weighted by atomic mass is 9.92. The number of hydrogen-bond acceptors (Lipinski definition) is 4. The fourth-order valence-corrected chi connectivity index (χ4v) is 5.04. The topological polar surface area (TPSA) is 61.4 Å². The van der Waals surface area contributed by atoms with Crippen molar-refractivity contribution in [3.05, 3.63) is 119 Å². The Bertz CT molecular complexity index is 1480.